The molecule has 0 radical (unpaired) electrons. The third kappa shape index (κ3) is 7.99. The van der Waals surface area contributed by atoms with Crippen LogP contribution in [-0.2, 0) is 20.7 Å². The van der Waals surface area contributed by atoms with Crippen molar-refractivity contribution in [3.8, 4) is 5.75 Å². The van der Waals surface area contributed by atoms with Crippen molar-refractivity contribution in [3.63, 3.8) is 0 Å². The molecule has 1 aromatic carbocycles. The van der Waals surface area contributed by atoms with E-state index in [1.807, 2.05) is 24.3 Å². The number of hydrogen-bond acceptors (Lipinski definition) is 5. The summed E-state index contributed by atoms with van der Waals surface area (Å²) in [5, 5.41) is 2.94. The Balaban J connectivity index is 1.61. The normalized spacial score (nSPS) is 14.9. The first kappa shape index (κ1) is 21.2. The summed E-state index contributed by atoms with van der Waals surface area (Å²) in [5.74, 6) is -2.22. The molecular formula is C19H24F3NO4. The molecule has 0 aromatic heterocycles. The fourth-order valence-corrected chi connectivity index (χ4v) is 2.94. The Bertz CT molecular complexity index is 628. The number of alkyl halides is 3. The first-order valence-electron chi connectivity index (χ1n) is 9.09. The van der Waals surface area contributed by atoms with E-state index in [0.717, 1.165) is 17.9 Å². The van der Waals surface area contributed by atoms with Crippen LogP contribution in [0.3, 0.4) is 0 Å². The number of rotatable bonds is 9. The lowest BCUT2D eigenvalue weighted by Crippen LogP contribution is -2.29. The Kier molecular flexibility index (Phi) is 8.09. The Labute approximate surface area is 156 Å². The highest BCUT2D eigenvalue weighted by Gasteiger charge is 2.42. The van der Waals surface area contributed by atoms with Crippen LogP contribution in [0.4, 0.5) is 13.2 Å². The Morgan fingerprint density at radius 1 is 1.15 bits per heavy atom. The molecule has 8 heteroatoms. The molecule has 150 valence electrons. The number of hydrogen-bond donors (Lipinski definition) is 1. The van der Waals surface area contributed by atoms with E-state index in [1.54, 1.807) is 0 Å². The zero-order valence-electron chi connectivity index (χ0n) is 15.0. The van der Waals surface area contributed by atoms with Crippen molar-refractivity contribution in [2.45, 2.75) is 44.7 Å². The molecule has 1 saturated carbocycles. The zero-order valence-corrected chi connectivity index (χ0v) is 15.0. The van der Waals surface area contributed by atoms with Gasteiger partial charge in [-0.05, 0) is 49.4 Å². The summed E-state index contributed by atoms with van der Waals surface area (Å²) in [6, 6.07) is 7.76. The maximum atomic E-state index is 12.0. The second kappa shape index (κ2) is 10.3. The van der Waals surface area contributed by atoms with E-state index < -0.39 is 18.1 Å². The molecule has 5 nitrogen and oxygen atoms in total. The Hall–Kier alpha value is -2.09. The predicted molar refractivity (Wildman–Crippen MR) is 92.2 cm³/mol. The van der Waals surface area contributed by atoms with Crippen molar-refractivity contribution in [3.05, 3.63) is 29.8 Å². The second-order valence-electron chi connectivity index (χ2n) is 6.62. The summed E-state index contributed by atoms with van der Waals surface area (Å²) in [4.78, 5) is 21.7. The summed E-state index contributed by atoms with van der Waals surface area (Å²) in [6.45, 7) is 1.40. The number of nitrogens with one attached hydrogen (secondary N) is 1. The van der Waals surface area contributed by atoms with Gasteiger partial charge >= 0.3 is 18.1 Å². The monoisotopic (exact) mass is 387 g/mol. The number of carbonyl (C=O) groups is 2. The SMILES string of the molecule is O=C(CCNCCc1cccc(OCC2CCCC2)c1)OC(=O)C(F)(F)F. The van der Waals surface area contributed by atoms with Crippen LogP contribution in [0.15, 0.2) is 24.3 Å². The molecule has 0 amide bonds. The van der Waals surface area contributed by atoms with Crippen molar-refractivity contribution in [1.82, 2.24) is 5.32 Å². The number of halogens is 3. The van der Waals surface area contributed by atoms with Gasteiger partial charge in [0.05, 0.1) is 13.0 Å². The van der Waals surface area contributed by atoms with E-state index in [2.05, 4.69) is 10.1 Å². The summed E-state index contributed by atoms with van der Waals surface area (Å²) in [7, 11) is 0. The van der Waals surface area contributed by atoms with Gasteiger partial charge in [0.2, 0.25) is 0 Å². The van der Waals surface area contributed by atoms with E-state index >= 15 is 0 Å². The molecule has 1 N–H and O–H groups in total. The van der Waals surface area contributed by atoms with E-state index in [-0.39, 0.29) is 13.0 Å². The molecule has 0 saturated heterocycles. The smallest absolute Gasteiger partial charge is 0.491 e. The molecule has 1 aliphatic rings. The topological polar surface area (TPSA) is 64.6 Å². The Morgan fingerprint density at radius 2 is 1.89 bits per heavy atom. The van der Waals surface area contributed by atoms with Gasteiger partial charge in [-0.2, -0.15) is 13.2 Å². The number of ether oxygens (including phenoxy) is 2. The van der Waals surface area contributed by atoms with Crippen LogP contribution >= 0.6 is 0 Å². The summed E-state index contributed by atoms with van der Waals surface area (Å²) in [6.07, 6.45) is 0.202. The lowest BCUT2D eigenvalue weighted by Gasteiger charge is -2.12. The number of carbonyl (C=O) groups excluding carboxylic acids is 2. The van der Waals surface area contributed by atoms with Crippen LogP contribution in [0.2, 0.25) is 0 Å². The van der Waals surface area contributed by atoms with Crippen LogP contribution in [0.1, 0.15) is 37.7 Å². The Morgan fingerprint density at radius 3 is 2.59 bits per heavy atom. The number of esters is 2. The van der Waals surface area contributed by atoms with Gasteiger partial charge in [-0.15, -0.1) is 0 Å². The fourth-order valence-electron chi connectivity index (χ4n) is 2.94. The highest BCUT2D eigenvalue weighted by molar-refractivity contribution is 5.88. The predicted octanol–water partition coefficient (Wildman–Crippen LogP) is 3.41. The fraction of sp³-hybridized carbons (Fsp3) is 0.579. The van der Waals surface area contributed by atoms with Crippen molar-refractivity contribution in [2.75, 3.05) is 19.7 Å². The van der Waals surface area contributed by atoms with Crippen LogP contribution < -0.4 is 10.1 Å². The first-order valence-corrected chi connectivity index (χ1v) is 9.09. The summed E-state index contributed by atoms with van der Waals surface area (Å²) >= 11 is 0. The van der Waals surface area contributed by atoms with Gasteiger partial charge in [0.25, 0.3) is 0 Å². The molecule has 1 aromatic rings. The van der Waals surface area contributed by atoms with Gasteiger partial charge < -0.3 is 14.8 Å². The third-order valence-corrected chi connectivity index (χ3v) is 4.39. The average Bonchev–Trinajstić information content (AvgIpc) is 3.13. The zero-order chi connectivity index (χ0) is 19.7. The summed E-state index contributed by atoms with van der Waals surface area (Å²) < 4.78 is 45.4. The van der Waals surface area contributed by atoms with Crippen LogP contribution in [-0.4, -0.2) is 37.8 Å². The highest BCUT2D eigenvalue weighted by atomic mass is 19.4. The lowest BCUT2D eigenvalue weighted by atomic mass is 10.1. The van der Waals surface area contributed by atoms with Gasteiger partial charge in [-0.3, -0.25) is 4.79 Å². The van der Waals surface area contributed by atoms with E-state index in [9.17, 15) is 22.8 Å². The van der Waals surface area contributed by atoms with Gasteiger partial charge in [-0.25, -0.2) is 4.79 Å². The summed E-state index contributed by atoms with van der Waals surface area (Å²) in [5.41, 5.74) is 1.06. The molecular weight excluding hydrogens is 363 g/mol. The van der Waals surface area contributed by atoms with E-state index in [4.69, 9.17) is 4.74 Å². The lowest BCUT2D eigenvalue weighted by molar-refractivity contribution is -0.201. The molecule has 0 bridgehead atoms. The quantitative estimate of drug-likeness (QED) is 0.400. The number of benzene rings is 1. The molecule has 1 fully saturated rings. The van der Waals surface area contributed by atoms with E-state index in [1.165, 1.54) is 25.7 Å². The molecule has 0 heterocycles. The molecule has 0 aliphatic heterocycles. The van der Waals surface area contributed by atoms with Crippen molar-refractivity contribution in [1.29, 1.82) is 0 Å². The van der Waals surface area contributed by atoms with Gasteiger partial charge in [0.15, 0.2) is 0 Å². The van der Waals surface area contributed by atoms with Crippen molar-refractivity contribution < 1.29 is 32.2 Å². The minimum Gasteiger partial charge on any atom is -0.493 e. The molecule has 2 rings (SSSR count). The van der Waals surface area contributed by atoms with Crippen molar-refractivity contribution in [2.24, 2.45) is 5.92 Å². The van der Waals surface area contributed by atoms with Crippen LogP contribution in [0.5, 0.6) is 5.75 Å². The largest absolute Gasteiger partial charge is 0.493 e. The van der Waals surface area contributed by atoms with Crippen molar-refractivity contribution >= 4 is 11.9 Å². The van der Waals surface area contributed by atoms with E-state index in [0.29, 0.717) is 18.9 Å². The van der Waals surface area contributed by atoms with Gasteiger partial charge in [-0.1, -0.05) is 25.0 Å². The molecule has 0 atom stereocenters. The maximum absolute atomic E-state index is 12.0. The average molecular weight is 387 g/mol. The maximum Gasteiger partial charge on any atom is 0.491 e. The minimum atomic E-state index is -5.16. The second-order valence-corrected chi connectivity index (χ2v) is 6.62. The van der Waals surface area contributed by atoms with Gasteiger partial charge in [0.1, 0.15) is 5.75 Å². The van der Waals surface area contributed by atoms with Crippen LogP contribution in [0.25, 0.3) is 0 Å². The standard InChI is InChI=1S/C19H24F3NO4/c20-19(21,22)18(25)27-17(24)9-11-23-10-8-14-6-3-7-16(12-14)26-13-15-4-1-2-5-15/h3,6-7,12,15,23H,1-2,4-5,8-11,13H2. The van der Waals surface area contributed by atoms with Crippen LogP contribution in [0, 0.1) is 5.92 Å². The minimum absolute atomic E-state index is 0.127. The third-order valence-electron chi connectivity index (χ3n) is 4.39. The molecule has 0 unspecified atom stereocenters. The molecule has 1 aliphatic carbocycles. The first-order chi connectivity index (χ1) is 12.8. The molecule has 27 heavy (non-hydrogen) atoms. The van der Waals surface area contributed by atoms with Gasteiger partial charge in [0, 0.05) is 6.54 Å². The molecule has 0 spiro atoms. The highest BCUT2D eigenvalue weighted by Crippen LogP contribution is 2.25.